The van der Waals surface area contributed by atoms with E-state index in [0.717, 1.165) is 38.4 Å². The molecule has 0 aromatic rings. The summed E-state index contributed by atoms with van der Waals surface area (Å²) >= 11 is 0. The summed E-state index contributed by atoms with van der Waals surface area (Å²) in [7, 11) is -3.44. The molecule has 0 unspecified atom stereocenters. The minimum atomic E-state index is -3.44. The molecule has 3 nitrogen and oxygen atoms in total. The van der Waals surface area contributed by atoms with Crippen LogP contribution in [-0.4, -0.2) is 19.8 Å². The average Bonchev–Trinajstić information content (AvgIpc) is 2.03. The van der Waals surface area contributed by atoms with Crippen LogP contribution in [0.5, 0.6) is 0 Å². The molecule has 1 aliphatic carbocycles. The van der Waals surface area contributed by atoms with Gasteiger partial charge in [-0.2, -0.15) is 0 Å². The number of sulfone groups is 1. The van der Waals surface area contributed by atoms with Crippen LogP contribution in [0.4, 0.5) is 0 Å². The van der Waals surface area contributed by atoms with E-state index in [4.69, 9.17) is 0 Å². The highest BCUT2D eigenvalue weighted by Gasteiger charge is 2.27. The van der Waals surface area contributed by atoms with Crippen LogP contribution in [0, 0.1) is 5.92 Å². The van der Waals surface area contributed by atoms with Gasteiger partial charge in [0.2, 0.25) is 15.0 Å². The monoisotopic (exact) mass is 190 g/mol. The quantitative estimate of drug-likeness (QED) is 0.623. The van der Waals surface area contributed by atoms with Crippen molar-refractivity contribution in [3.8, 4) is 0 Å². The Balaban J connectivity index is 2.64. The van der Waals surface area contributed by atoms with Crippen molar-refractivity contribution < 1.29 is 13.2 Å². The first-order chi connectivity index (χ1) is 5.52. The zero-order valence-electron chi connectivity index (χ0n) is 7.25. The van der Waals surface area contributed by atoms with Crippen LogP contribution >= 0.6 is 0 Å². The van der Waals surface area contributed by atoms with Crippen molar-refractivity contribution in [2.45, 2.75) is 32.1 Å². The van der Waals surface area contributed by atoms with Crippen LogP contribution in [-0.2, 0) is 14.6 Å². The van der Waals surface area contributed by atoms with Crippen LogP contribution in [0.25, 0.3) is 0 Å². The van der Waals surface area contributed by atoms with Gasteiger partial charge in [0.1, 0.15) is 0 Å². The molecule has 4 heteroatoms. The summed E-state index contributed by atoms with van der Waals surface area (Å²) in [4.78, 5) is 11.2. The molecule has 1 saturated carbocycles. The van der Waals surface area contributed by atoms with Gasteiger partial charge in [0.05, 0.1) is 0 Å². The lowest BCUT2D eigenvalue weighted by Gasteiger charge is -2.18. The zero-order chi connectivity index (χ0) is 9.19. The number of rotatable bonds is 1. The molecular weight excluding hydrogens is 176 g/mol. The van der Waals surface area contributed by atoms with Crippen molar-refractivity contribution in [1.29, 1.82) is 0 Å². The van der Waals surface area contributed by atoms with Crippen LogP contribution in [0.2, 0.25) is 0 Å². The molecule has 0 saturated heterocycles. The average molecular weight is 190 g/mol. The minimum absolute atomic E-state index is 0.214. The van der Waals surface area contributed by atoms with E-state index in [1.54, 1.807) is 0 Å². The Labute approximate surface area is 73.1 Å². The van der Waals surface area contributed by atoms with Gasteiger partial charge in [-0.05, 0) is 12.8 Å². The molecule has 1 fully saturated rings. The van der Waals surface area contributed by atoms with Crippen molar-refractivity contribution in [3.05, 3.63) is 0 Å². The van der Waals surface area contributed by atoms with Gasteiger partial charge < -0.3 is 0 Å². The summed E-state index contributed by atoms with van der Waals surface area (Å²) in [6.07, 6.45) is 5.63. The molecule has 12 heavy (non-hydrogen) atoms. The minimum Gasteiger partial charge on any atom is -0.281 e. The molecule has 1 aliphatic rings. The second kappa shape index (κ2) is 3.56. The summed E-state index contributed by atoms with van der Waals surface area (Å²) < 4.78 is 21.8. The molecule has 0 amide bonds. The fraction of sp³-hybridized carbons (Fsp3) is 0.875. The molecule has 70 valence electrons. The second-order valence-electron chi connectivity index (χ2n) is 3.43. The van der Waals surface area contributed by atoms with Gasteiger partial charge in [0.15, 0.2) is 0 Å². The Bertz CT molecular complexity index is 260. The maximum Gasteiger partial charge on any atom is 0.249 e. The van der Waals surface area contributed by atoms with Crippen LogP contribution in [0.3, 0.4) is 0 Å². The molecule has 1 rings (SSSR count). The highest BCUT2D eigenvalue weighted by molar-refractivity contribution is 8.05. The molecule has 0 heterocycles. The first-order valence-corrected chi connectivity index (χ1v) is 6.15. The van der Waals surface area contributed by atoms with Gasteiger partial charge >= 0.3 is 0 Å². The Kier molecular flexibility index (Phi) is 2.88. The van der Waals surface area contributed by atoms with E-state index < -0.39 is 15.0 Å². The van der Waals surface area contributed by atoms with Gasteiger partial charge in [-0.25, -0.2) is 8.42 Å². The maximum atomic E-state index is 11.2. The number of hydrogen-bond donors (Lipinski definition) is 0. The second-order valence-corrected chi connectivity index (χ2v) is 5.37. The lowest BCUT2D eigenvalue weighted by molar-refractivity contribution is -0.116. The highest BCUT2D eigenvalue weighted by Crippen LogP contribution is 2.25. The summed E-state index contributed by atoms with van der Waals surface area (Å²) in [5.74, 6) is -0.214. The smallest absolute Gasteiger partial charge is 0.249 e. The van der Waals surface area contributed by atoms with Gasteiger partial charge in [0.25, 0.3) is 0 Å². The summed E-state index contributed by atoms with van der Waals surface area (Å²) in [5, 5.41) is -0.554. The van der Waals surface area contributed by atoms with Crippen molar-refractivity contribution in [2.24, 2.45) is 5.92 Å². The van der Waals surface area contributed by atoms with Gasteiger partial charge in [-0.3, -0.25) is 4.79 Å². The van der Waals surface area contributed by atoms with Crippen molar-refractivity contribution in [2.75, 3.05) is 6.26 Å². The predicted molar refractivity (Wildman–Crippen MR) is 46.4 cm³/mol. The predicted octanol–water partition coefficient (Wildman–Crippen LogP) is 1.14. The molecule has 0 aromatic carbocycles. The Morgan fingerprint density at radius 2 is 1.67 bits per heavy atom. The van der Waals surface area contributed by atoms with Crippen LogP contribution < -0.4 is 0 Å². The van der Waals surface area contributed by atoms with Crippen molar-refractivity contribution in [1.82, 2.24) is 0 Å². The lowest BCUT2D eigenvalue weighted by Crippen LogP contribution is -2.24. The first kappa shape index (κ1) is 9.71. The normalized spacial score (nSPS) is 20.8. The first-order valence-electron chi connectivity index (χ1n) is 4.26. The fourth-order valence-electron chi connectivity index (χ4n) is 1.64. The molecule has 0 spiro atoms. The number of hydrogen-bond acceptors (Lipinski definition) is 3. The summed E-state index contributed by atoms with van der Waals surface area (Å²) in [6.45, 7) is 0. The van der Waals surface area contributed by atoms with Crippen molar-refractivity contribution in [3.63, 3.8) is 0 Å². The van der Waals surface area contributed by atoms with E-state index in [9.17, 15) is 13.2 Å². The SMILES string of the molecule is CS(=O)(=O)C(=O)C1CCCCC1. The standard InChI is InChI=1S/C8H14O3S/c1-12(10,11)8(9)7-5-3-2-4-6-7/h7H,2-6H2,1H3. The van der Waals surface area contributed by atoms with Gasteiger partial charge in [0, 0.05) is 12.2 Å². The van der Waals surface area contributed by atoms with E-state index in [1.807, 2.05) is 0 Å². The number of carbonyl (C=O) groups is 1. The molecule has 0 aromatic heterocycles. The summed E-state index contributed by atoms with van der Waals surface area (Å²) in [6, 6.07) is 0. The Morgan fingerprint density at radius 3 is 2.08 bits per heavy atom. The van der Waals surface area contributed by atoms with Crippen LogP contribution in [0.15, 0.2) is 0 Å². The Hall–Kier alpha value is -0.380. The molecule has 0 aliphatic heterocycles. The third kappa shape index (κ3) is 2.30. The zero-order valence-corrected chi connectivity index (χ0v) is 8.06. The largest absolute Gasteiger partial charge is 0.281 e. The molecule has 0 bridgehead atoms. The molecule has 0 radical (unpaired) electrons. The van der Waals surface area contributed by atoms with Crippen molar-refractivity contribution >= 4 is 15.0 Å². The number of carbonyl (C=O) groups excluding carboxylic acids is 1. The van der Waals surface area contributed by atoms with Gasteiger partial charge in [-0.1, -0.05) is 19.3 Å². The Morgan fingerprint density at radius 1 is 1.17 bits per heavy atom. The maximum absolute atomic E-state index is 11.2. The molecular formula is C8H14O3S. The summed E-state index contributed by atoms with van der Waals surface area (Å²) in [5.41, 5.74) is 0. The van der Waals surface area contributed by atoms with E-state index in [0.29, 0.717) is 0 Å². The molecule has 0 N–H and O–H groups in total. The van der Waals surface area contributed by atoms with E-state index in [2.05, 4.69) is 0 Å². The third-order valence-corrected chi connectivity index (χ3v) is 3.37. The lowest BCUT2D eigenvalue weighted by atomic mass is 9.90. The topological polar surface area (TPSA) is 51.2 Å². The van der Waals surface area contributed by atoms with Crippen LogP contribution in [0.1, 0.15) is 32.1 Å². The fourth-order valence-corrected chi connectivity index (χ4v) is 2.48. The molecule has 0 atom stereocenters. The van der Waals surface area contributed by atoms with E-state index in [1.165, 1.54) is 0 Å². The van der Waals surface area contributed by atoms with E-state index >= 15 is 0 Å². The third-order valence-electron chi connectivity index (χ3n) is 2.30. The van der Waals surface area contributed by atoms with Gasteiger partial charge in [-0.15, -0.1) is 0 Å². The van der Waals surface area contributed by atoms with E-state index in [-0.39, 0.29) is 5.92 Å². The highest BCUT2D eigenvalue weighted by atomic mass is 32.2.